The van der Waals surface area contributed by atoms with Crippen LogP contribution in [0.1, 0.15) is 29.8 Å². The van der Waals surface area contributed by atoms with Crippen molar-refractivity contribution in [3.63, 3.8) is 0 Å². The fraction of sp³-hybridized carbons (Fsp3) is 0.600. The third-order valence-corrected chi connectivity index (χ3v) is 3.52. The number of hydrogen-bond donors (Lipinski definition) is 1. The van der Waals surface area contributed by atoms with E-state index >= 15 is 0 Å². The summed E-state index contributed by atoms with van der Waals surface area (Å²) in [4.78, 5) is 20.6. The summed E-state index contributed by atoms with van der Waals surface area (Å²) in [6.45, 7) is 3.82. The van der Waals surface area contributed by atoms with Crippen molar-refractivity contribution in [2.45, 2.75) is 19.3 Å². The maximum Gasteiger partial charge on any atom is 0.269 e. The number of carbonyl (C=O) groups is 1. The van der Waals surface area contributed by atoms with E-state index in [0.29, 0.717) is 12.2 Å². The highest BCUT2D eigenvalue weighted by Gasteiger charge is 2.14. The monoisotopic (exact) mass is 276 g/mol. The molecule has 1 fully saturated rings. The Morgan fingerprint density at radius 1 is 1.40 bits per heavy atom. The molecule has 0 bridgehead atoms. The molecule has 1 aliphatic rings. The smallest absolute Gasteiger partial charge is 0.269 e. The number of anilines is 1. The van der Waals surface area contributed by atoms with E-state index in [0.717, 1.165) is 31.7 Å². The SMILES string of the molecule is CN(C)CCCNC(=O)c1cc(N2CCCC2)ccn1. The third kappa shape index (κ3) is 4.20. The summed E-state index contributed by atoms with van der Waals surface area (Å²) in [6.07, 6.45) is 5.13. The van der Waals surface area contributed by atoms with Crippen LogP contribution in [0, 0.1) is 0 Å². The van der Waals surface area contributed by atoms with Crippen molar-refractivity contribution in [2.24, 2.45) is 0 Å². The van der Waals surface area contributed by atoms with Gasteiger partial charge in [-0.05, 0) is 52.0 Å². The first kappa shape index (κ1) is 14.8. The molecule has 110 valence electrons. The van der Waals surface area contributed by atoms with Gasteiger partial charge in [0, 0.05) is 31.5 Å². The Labute approximate surface area is 121 Å². The molecule has 1 aliphatic heterocycles. The predicted molar refractivity (Wildman–Crippen MR) is 81.2 cm³/mol. The van der Waals surface area contributed by atoms with Gasteiger partial charge in [-0.1, -0.05) is 0 Å². The van der Waals surface area contributed by atoms with Gasteiger partial charge in [0.05, 0.1) is 0 Å². The van der Waals surface area contributed by atoms with Gasteiger partial charge >= 0.3 is 0 Å². The van der Waals surface area contributed by atoms with Crippen LogP contribution in [0.15, 0.2) is 18.3 Å². The van der Waals surface area contributed by atoms with E-state index < -0.39 is 0 Å². The molecule has 1 aromatic heterocycles. The Morgan fingerprint density at radius 3 is 2.85 bits per heavy atom. The summed E-state index contributed by atoms with van der Waals surface area (Å²) in [5.41, 5.74) is 1.62. The Hall–Kier alpha value is -1.62. The minimum Gasteiger partial charge on any atom is -0.371 e. The van der Waals surface area contributed by atoms with Crippen molar-refractivity contribution < 1.29 is 4.79 Å². The summed E-state index contributed by atoms with van der Waals surface area (Å²) in [5.74, 6) is -0.0789. The predicted octanol–water partition coefficient (Wildman–Crippen LogP) is 1.36. The number of nitrogens with zero attached hydrogens (tertiary/aromatic N) is 3. The molecule has 0 unspecified atom stereocenters. The summed E-state index contributed by atoms with van der Waals surface area (Å²) in [6, 6.07) is 3.88. The van der Waals surface area contributed by atoms with Gasteiger partial charge in [-0.3, -0.25) is 9.78 Å². The van der Waals surface area contributed by atoms with Crippen LogP contribution in [-0.2, 0) is 0 Å². The number of rotatable bonds is 6. The molecule has 2 heterocycles. The van der Waals surface area contributed by atoms with Gasteiger partial charge in [-0.2, -0.15) is 0 Å². The van der Waals surface area contributed by atoms with Crippen LogP contribution < -0.4 is 10.2 Å². The summed E-state index contributed by atoms with van der Waals surface area (Å²) in [5, 5.41) is 2.93. The average Bonchev–Trinajstić information content (AvgIpc) is 2.97. The van der Waals surface area contributed by atoms with Gasteiger partial charge < -0.3 is 15.1 Å². The number of aromatic nitrogens is 1. The van der Waals surface area contributed by atoms with Gasteiger partial charge in [0.1, 0.15) is 5.69 Å². The molecule has 0 aliphatic carbocycles. The van der Waals surface area contributed by atoms with Gasteiger partial charge in [0.25, 0.3) is 5.91 Å². The zero-order valence-electron chi connectivity index (χ0n) is 12.4. The Balaban J connectivity index is 1.87. The van der Waals surface area contributed by atoms with Gasteiger partial charge in [-0.25, -0.2) is 0 Å². The topological polar surface area (TPSA) is 48.5 Å². The molecule has 1 amide bonds. The van der Waals surface area contributed by atoms with Crippen LogP contribution in [0.3, 0.4) is 0 Å². The molecular formula is C15H24N4O. The summed E-state index contributed by atoms with van der Waals surface area (Å²) >= 11 is 0. The van der Waals surface area contributed by atoms with E-state index in [1.54, 1.807) is 6.20 Å². The van der Waals surface area contributed by atoms with Gasteiger partial charge in [0.2, 0.25) is 0 Å². The highest BCUT2D eigenvalue weighted by molar-refractivity contribution is 5.93. The highest BCUT2D eigenvalue weighted by Crippen LogP contribution is 2.19. The molecule has 0 spiro atoms. The quantitative estimate of drug-likeness (QED) is 0.797. The molecular weight excluding hydrogens is 252 g/mol. The number of carbonyl (C=O) groups excluding carboxylic acids is 1. The lowest BCUT2D eigenvalue weighted by molar-refractivity contribution is 0.0947. The maximum absolute atomic E-state index is 12.1. The van der Waals surface area contributed by atoms with E-state index in [4.69, 9.17) is 0 Å². The lowest BCUT2D eigenvalue weighted by Crippen LogP contribution is -2.28. The third-order valence-electron chi connectivity index (χ3n) is 3.52. The van der Waals surface area contributed by atoms with E-state index in [1.807, 2.05) is 26.2 Å². The molecule has 0 atom stereocenters. The number of nitrogens with one attached hydrogen (secondary N) is 1. The van der Waals surface area contributed by atoms with E-state index in [2.05, 4.69) is 20.1 Å². The zero-order valence-corrected chi connectivity index (χ0v) is 12.4. The molecule has 1 saturated heterocycles. The second-order valence-electron chi connectivity index (χ2n) is 5.51. The van der Waals surface area contributed by atoms with Gasteiger partial charge in [-0.15, -0.1) is 0 Å². The lowest BCUT2D eigenvalue weighted by Gasteiger charge is -2.17. The largest absolute Gasteiger partial charge is 0.371 e. The molecule has 0 radical (unpaired) electrons. The Morgan fingerprint density at radius 2 is 2.15 bits per heavy atom. The second-order valence-corrected chi connectivity index (χ2v) is 5.51. The van der Waals surface area contributed by atoms with Crippen LogP contribution in [0.2, 0.25) is 0 Å². The minimum absolute atomic E-state index is 0.0789. The minimum atomic E-state index is -0.0789. The first-order valence-corrected chi connectivity index (χ1v) is 7.31. The second kappa shape index (κ2) is 7.24. The number of pyridine rings is 1. The van der Waals surface area contributed by atoms with Crippen LogP contribution in [0.5, 0.6) is 0 Å². The molecule has 0 saturated carbocycles. The Bertz CT molecular complexity index is 441. The molecule has 5 heteroatoms. The molecule has 20 heavy (non-hydrogen) atoms. The first-order chi connectivity index (χ1) is 9.66. The van der Waals surface area contributed by atoms with Gasteiger partial charge in [0.15, 0.2) is 0 Å². The number of amides is 1. The lowest BCUT2D eigenvalue weighted by atomic mass is 10.2. The fourth-order valence-corrected chi connectivity index (χ4v) is 2.40. The standard InChI is InChI=1S/C15H24N4O/c1-18(2)9-5-7-17-15(20)14-12-13(6-8-16-14)19-10-3-4-11-19/h6,8,12H,3-5,7,9-11H2,1-2H3,(H,17,20). The van der Waals surface area contributed by atoms with Crippen molar-refractivity contribution >= 4 is 11.6 Å². The van der Waals surface area contributed by atoms with Crippen LogP contribution in [-0.4, -0.2) is 56.1 Å². The fourth-order valence-electron chi connectivity index (χ4n) is 2.40. The van der Waals surface area contributed by atoms with Crippen molar-refractivity contribution in [1.82, 2.24) is 15.2 Å². The molecule has 1 aromatic rings. The van der Waals surface area contributed by atoms with Crippen LogP contribution in [0.4, 0.5) is 5.69 Å². The van der Waals surface area contributed by atoms with E-state index in [9.17, 15) is 4.79 Å². The van der Waals surface area contributed by atoms with Crippen molar-refractivity contribution in [2.75, 3.05) is 45.2 Å². The molecule has 5 nitrogen and oxygen atoms in total. The summed E-state index contributed by atoms with van der Waals surface area (Å²) in [7, 11) is 4.06. The highest BCUT2D eigenvalue weighted by atomic mass is 16.1. The van der Waals surface area contributed by atoms with Crippen molar-refractivity contribution in [1.29, 1.82) is 0 Å². The zero-order chi connectivity index (χ0) is 14.4. The van der Waals surface area contributed by atoms with Crippen molar-refractivity contribution in [3.8, 4) is 0 Å². The maximum atomic E-state index is 12.1. The van der Waals surface area contributed by atoms with E-state index in [-0.39, 0.29) is 5.91 Å². The van der Waals surface area contributed by atoms with Crippen LogP contribution >= 0.6 is 0 Å². The first-order valence-electron chi connectivity index (χ1n) is 7.31. The van der Waals surface area contributed by atoms with E-state index in [1.165, 1.54) is 12.8 Å². The summed E-state index contributed by atoms with van der Waals surface area (Å²) < 4.78 is 0. The average molecular weight is 276 g/mol. The molecule has 2 rings (SSSR count). The normalized spacial score (nSPS) is 14.8. The Kier molecular flexibility index (Phi) is 5.35. The molecule has 1 N–H and O–H groups in total. The molecule has 0 aromatic carbocycles. The van der Waals surface area contributed by atoms with Crippen LogP contribution in [0.25, 0.3) is 0 Å². The number of hydrogen-bond acceptors (Lipinski definition) is 4. The van der Waals surface area contributed by atoms with Crippen molar-refractivity contribution in [3.05, 3.63) is 24.0 Å².